The highest BCUT2D eigenvalue weighted by Crippen LogP contribution is 2.39. The Morgan fingerprint density at radius 2 is 1.76 bits per heavy atom. The van der Waals surface area contributed by atoms with Crippen LogP contribution in [0, 0.1) is 5.92 Å². The van der Waals surface area contributed by atoms with Crippen LogP contribution in [0.25, 0.3) is 0 Å². The van der Waals surface area contributed by atoms with Gasteiger partial charge in [-0.25, -0.2) is 4.79 Å². The molecule has 0 bridgehead atoms. The molecule has 3 saturated heterocycles. The van der Waals surface area contributed by atoms with E-state index in [4.69, 9.17) is 4.74 Å². The Balaban J connectivity index is 1.51. The predicted molar refractivity (Wildman–Crippen MR) is 91.4 cm³/mol. The monoisotopic (exact) mass is 344 g/mol. The van der Waals surface area contributed by atoms with Crippen LogP contribution < -0.4 is 0 Å². The molecule has 4 rings (SSSR count). The van der Waals surface area contributed by atoms with E-state index in [-0.39, 0.29) is 23.3 Å². The molecule has 1 N–H and O–H groups in total. The van der Waals surface area contributed by atoms with Gasteiger partial charge in [-0.15, -0.1) is 0 Å². The number of ether oxygens (including phenoxy) is 1. The maximum Gasteiger partial charge on any atom is 0.407 e. The summed E-state index contributed by atoms with van der Waals surface area (Å²) < 4.78 is 5.53. The molecule has 0 unspecified atom stereocenters. The van der Waals surface area contributed by atoms with Gasteiger partial charge in [0.1, 0.15) is 0 Å². The van der Waals surface area contributed by atoms with Crippen molar-refractivity contribution in [2.75, 3.05) is 32.8 Å². The summed E-state index contributed by atoms with van der Waals surface area (Å²) in [6.07, 6.45) is 1.52. The zero-order valence-corrected chi connectivity index (χ0v) is 14.3. The Hall–Kier alpha value is -2.08. The fourth-order valence-corrected chi connectivity index (χ4v) is 4.22. The van der Waals surface area contributed by atoms with Gasteiger partial charge in [0.05, 0.1) is 12.2 Å². The first-order valence-electron chi connectivity index (χ1n) is 9.04. The molecule has 1 spiro atoms. The number of likely N-dealkylation sites (tertiary alicyclic amines) is 2. The fraction of sp³-hybridized carbons (Fsp3) is 0.579. The van der Waals surface area contributed by atoms with Crippen LogP contribution in [0.3, 0.4) is 0 Å². The largest absolute Gasteiger partial charge is 0.465 e. The van der Waals surface area contributed by atoms with Crippen LogP contribution >= 0.6 is 0 Å². The van der Waals surface area contributed by atoms with Crippen LogP contribution in [-0.4, -0.2) is 65.3 Å². The topological polar surface area (TPSA) is 73.4 Å². The second-order valence-electron chi connectivity index (χ2n) is 7.44. The van der Waals surface area contributed by atoms with Gasteiger partial charge in [0.25, 0.3) is 0 Å². The molecule has 0 radical (unpaired) electrons. The Morgan fingerprint density at radius 1 is 1.08 bits per heavy atom. The van der Waals surface area contributed by atoms with Crippen molar-refractivity contribution < 1.29 is 19.4 Å². The highest BCUT2D eigenvalue weighted by atomic mass is 16.6. The van der Waals surface area contributed by atoms with Gasteiger partial charge >= 0.3 is 6.09 Å². The van der Waals surface area contributed by atoms with Crippen molar-refractivity contribution in [3.05, 3.63) is 35.9 Å². The number of benzene rings is 1. The molecular weight excluding hydrogens is 320 g/mol. The van der Waals surface area contributed by atoms with Gasteiger partial charge < -0.3 is 19.6 Å². The van der Waals surface area contributed by atoms with Crippen molar-refractivity contribution in [2.24, 2.45) is 5.92 Å². The third kappa shape index (κ3) is 3.23. The molecule has 3 aliphatic heterocycles. The third-order valence-corrected chi connectivity index (χ3v) is 5.97. The van der Waals surface area contributed by atoms with Crippen LogP contribution in [-0.2, 0) is 9.53 Å². The smallest absolute Gasteiger partial charge is 0.407 e. The second-order valence-corrected chi connectivity index (χ2v) is 7.44. The molecular formula is C19H24N2O4. The van der Waals surface area contributed by atoms with Crippen LogP contribution in [0.5, 0.6) is 0 Å². The average molecular weight is 344 g/mol. The zero-order valence-electron chi connectivity index (χ0n) is 14.3. The molecule has 3 heterocycles. The van der Waals surface area contributed by atoms with Crippen LogP contribution in [0.2, 0.25) is 0 Å². The Kier molecular flexibility index (Phi) is 4.15. The first kappa shape index (κ1) is 16.4. The summed E-state index contributed by atoms with van der Waals surface area (Å²) in [4.78, 5) is 28.0. The number of amides is 2. The highest BCUT2D eigenvalue weighted by molar-refractivity contribution is 5.80. The number of rotatable bonds is 2. The summed E-state index contributed by atoms with van der Waals surface area (Å²) in [7, 11) is 0. The lowest BCUT2D eigenvalue weighted by Gasteiger charge is -2.40. The molecule has 25 heavy (non-hydrogen) atoms. The normalized spacial score (nSPS) is 28.0. The average Bonchev–Trinajstić information content (AvgIpc) is 3.41. The van der Waals surface area contributed by atoms with Crippen LogP contribution in [0.4, 0.5) is 4.79 Å². The predicted octanol–water partition coefficient (Wildman–Crippen LogP) is 2.16. The van der Waals surface area contributed by atoms with Gasteiger partial charge in [0, 0.05) is 38.0 Å². The van der Waals surface area contributed by atoms with Gasteiger partial charge in [-0.1, -0.05) is 30.3 Å². The summed E-state index contributed by atoms with van der Waals surface area (Å²) in [6, 6.07) is 9.84. The summed E-state index contributed by atoms with van der Waals surface area (Å²) >= 11 is 0. The Morgan fingerprint density at radius 3 is 2.36 bits per heavy atom. The van der Waals surface area contributed by atoms with E-state index in [0.717, 1.165) is 38.1 Å². The molecule has 6 heteroatoms. The van der Waals surface area contributed by atoms with Gasteiger partial charge in [-0.3, -0.25) is 4.79 Å². The first-order valence-corrected chi connectivity index (χ1v) is 9.04. The maximum atomic E-state index is 13.2. The number of carboxylic acid groups (broad SMARTS) is 1. The van der Waals surface area contributed by atoms with Crippen LogP contribution in [0.15, 0.2) is 30.3 Å². The lowest BCUT2D eigenvalue weighted by molar-refractivity contribution is -0.139. The van der Waals surface area contributed by atoms with E-state index in [1.165, 1.54) is 4.90 Å². The molecule has 134 valence electrons. The summed E-state index contributed by atoms with van der Waals surface area (Å²) in [5.41, 5.74) is 1.10. The molecule has 0 aromatic heterocycles. The molecule has 2 atom stereocenters. The number of piperidine rings is 2. The van der Waals surface area contributed by atoms with Gasteiger partial charge in [0.15, 0.2) is 0 Å². The van der Waals surface area contributed by atoms with Crippen molar-refractivity contribution in [1.29, 1.82) is 0 Å². The standard InChI is InChI=1S/C19H24N2O4/c22-17(20-10-7-19(8-11-20)13-25-19)15-6-9-21(18(23)24)12-16(15)14-4-2-1-3-5-14/h1-5,15-16H,6-13H2,(H,23,24)/t15-,16+/m0/s1. The fourth-order valence-electron chi connectivity index (χ4n) is 4.22. The van der Waals surface area contributed by atoms with Gasteiger partial charge in [-0.2, -0.15) is 0 Å². The third-order valence-electron chi connectivity index (χ3n) is 5.97. The minimum absolute atomic E-state index is 0.0578. The number of epoxide rings is 1. The van der Waals surface area contributed by atoms with E-state index < -0.39 is 6.09 Å². The summed E-state index contributed by atoms with van der Waals surface area (Å²) in [5.74, 6) is -0.0480. The van der Waals surface area contributed by atoms with Crippen LogP contribution in [0.1, 0.15) is 30.7 Å². The molecule has 3 aliphatic rings. The van der Waals surface area contributed by atoms with Crippen molar-refractivity contribution in [1.82, 2.24) is 9.80 Å². The van der Waals surface area contributed by atoms with E-state index in [1.807, 2.05) is 35.2 Å². The SMILES string of the molecule is O=C(O)N1CC[C@H](C(=O)N2CCC3(CC2)CO3)[C@@H](c2ccccc2)C1. The van der Waals surface area contributed by atoms with E-state index in [1.54, 1.807) is 0 Å². The van der Waals surface area contributed by atoms with E-state index >= 15 is 0 Å². The van der Waals surface area contributed by atoms with Crippen molar-refractivity contribution >= 4 is 12.0 Å². The Bertz CT molecular complexity index is 649. The minimum atomic E-state index is -0.905. The molecule has 3 fully saturated rings. The summed E-state index contributed by atoms with van der Waals surface area (Å²) in [6.45, 7) is 3.14. The number of nitrogens with zero attached hydrogens (tertiary/aromatic N) is 2. The van der Waals surface area contributed by atoms with Gasteiger partial charge in [-0.05, 0) is 24.8 Å². The number of hydrogen-bond donors (Lipinski definition) is 1. The van der Waals surface area contributed by atoms with E-state index in [9.17, 15) is 14.7 Å². The van der Waals surface area contributed by atoms with Crippen molar-refractivity contribution in [3.63, 3.8) is 0 Å². The Labute approximate surface area is 147 Å². The zero-order chi connectivity index (χ0) is 17.4. The molecule has 0 aliphatic carbocycles. The van der Waals surface area contributed by atoms with Gasteiger partial charge in [0.2, 0.25) is 5.91 Å². The lowest BCUT2D eigenvalue weighted by Crippen LogP contribution is -2.50. The van der Waals surface area contributed by atoms with E-state index in [0.29, 0.717) is 19.5 Å². The lowest BCUT2D eigenvalue weighted by atomic mass is 9.79. The second kappa shape index (κ2) is 6.33. The maximum absolute atomic E-state index is 13.2. The van der Waals surface area contributed by atoms with Crippen molar-refractivity contribution in [3.8, 4) is 0 Å². The number of carbonyl (C=O) groups excluding carboxylic acids is 1. The molecule has 2 amide bonds. The number of hydrogen-bond acceptors (Lipinski definition) is 3. The first-order chi connectivity index (χ1) is 12.1. The molecule has 1 aromatic carbocycles. The summed E-state index contributed by atoms with van der Waals surface area (Å²) in [5, 5.41) is 9.36. The quantitative estimate of drug-likeness (QED) is 0.835. The molecule has 6 nitrogen and oxygen atoms in total. The molecule has 1 aromatic rings. The number of carbonyl (C=O) groups is 2. The minimum Gasteiger partial charge on any atom is -0.465 e. The molecule has 0 saturated carbocycles. The van der Waals surface area contributed by atoms with Crippen molar-refractivity contribution in [2.45, 2.75) is 30.8 Å². The highest BCUT2D eigenvalue weighted by Gasteiger charge is 2.48. The van der Waals surface area contributed by atoms with E-state index in [2.05, 4.69) is 0 Å².